The minimum Gasteiger partial charge on any atom is -0.497 e. The van der Waals surface area contributed by atoms with Crippen LogP contribution in [0, 0.1) is 5.92 Å². The number of hydrogen-bond donors (Lipinski definition) is 2. The summed E-state index contributed by atoms with van der Waals surface area (Å²) in [6.45, 7) is 2.00. The van der Waals surface area contributed by atoms with E-state index in [-0.39, 0.29) is 5.91 Å². The van der Waals surface area contributed by atoms with Crippen molar-refractivity contribution in [1.82, 2.24) is 10.3 Å². The number of carbonyl (C=O) groups excluding carboxylic acids is 1. The van der Waals surface area contributed by atoms with Crippen LogP contribution in [0.15, 0.2) is 18.2 Å². The molecule has 0 radical (unpaired) electrons. The molecule has 1 atom stereocenters. The summed E-state index contributed by atoms with van der Waals surface area (Å²) in [6, 6.07) is 5.72. The van der Waals surface area contributed by atoms with E-state index < -0.39 is 0 Å². The van der Waals surface area contributed by atoms with Crippen molar-refractivity contribution in [1.29, 1.82) is 0 Å². The molecule has 1 unspecified atom stereocenters. The summed E-state index contributed by atoms with van der Waals surface area (Å²) in [5.74, 6) is 1.29. The van der Waals surface area contributed by atoms with E-state index in [2.05, 4.69) is 15.6 Å². The zero-order valence-corrected chi connectivity index (χ0v) is 12.8. The SMILES string of the molecule is COc1ccc2nc(NC(=O)CC3CCCNC3)sc2c1. The van der Waals surface area contributed by atoms with Gasteiger partial charge in [0.05, 0.1) is 17.3 Å². The Morgan fingerprint density at radius 3 is 3.24 bits per heavy atom. The molecule has 0 aliphatic carbocycles. The average Bonchev–Trinajstić information content (AvgIpc) is 2.89. The number of methoxy groups -OCH3 is 1. The van der Waals surface area contributed by atoms with Crippen LogP contribution in [0.25, 0.3) is 10.2 Å². The van der Waals surface area contributed by atoms with Crippen LogP contribution in [-0.4, -0.2) is 31.1 Å². The molecular formula is C15H19N3O2S. The molecule has 6 heteroatoms. The number of piperidine rings is 1. The Bertz CT molecular complexity index is 635. The first-order valence-electron chi connectivity index (χ1n) is 7.20. The van der Waals surface area contributed by atoms with Gasteiger partial charge in [0, 0.05) is 6.42 Å². The summed E-state index contributed by atoms with van der Waals surface area (Å²) in [6.07, 6.45) is 2.84. The fourth-order valence-corrected chi connectivity index (χ4v) is 3.53. The molecule has 1 saturated heterocycles. The van der Waals surface area contributed by atoms with E-state index in [0.717, 1.165) is 41.9 Å². The second-order valence-corrected chi connectivity index (χ2v) is 6.35. The molecule has 1 fully saturated rings. The standard InChI is InChI=1S/C15H19N3O2S/c1-20-11-4-5-12-13(8-11)21-15(17-12)18-14(19)7-10-3-2-6-16-9-10/h4-5,8,10,16H,2-3,6-7,9H2,1H3,(H,17,18,19). The van der Waals surface area contributed by atoms with Gasteiger partial charge in [0.1, 0.15) is 5.75 Å². The number of benzene rings is 1. The average molecular weight is 305 g/mol. The lowest BCUT2D eigenvalue weighted by Crippen LogP contribution is -2.32. The maximum Gasteiger partial charge on any atom is 0.226 e. The summed E-state index contributed by atoms with van der Waals surface area (Å²) in [5.41, 5.74) is 0.885. The Labute approximate surface area is 127 Å². The first-order valence-corrected chi connectivity index (χ1v) is 8.01. The van der Waals surface area contributed by atoms with E-state index in [0.29, 0.717) is 17.5 Å². The van der Waals surface area contributed by atoms with E-state index in [9.17, 15) is 4.79 Å². The normalized spacial score (nSPS) is 18.6. The second-order valence-electron chi connectivity index (χ2n) is 5.32. The van der Waals surface area contributed by atoms with Gasteiger partial charge in [0.2, 0.25) is 5.91 Å². The predicted octanol–water partition coefficient (Wildman–Crippen LogP) is 2.63. The van der Waals surface area contributed by atoms with Crippen LogP contribution in [0.1, 0.15) is 19.3 Å². The zero-order chi connectivity index (χ0) is 14.7. The van der Waals surface area contributed by atoms with E-state index in [1.54, 1.807) is 7.11 Å². The highest BCUT2D eigenvalue weighted by molar-refractivity contribution is 7.22. The lowest BCUT2D eigenvalue weighted by molar-refractivity contribution is -0.117. The van der Waals surface area contributed by atoms with Crippen molar-refractivity contribution in [3.63, 3.8) is 0 Å². The quantitative estimate of drug-likeness (QED) is 0.911. The number of amides is 1. The number of hydrogen-bond acceptors (Lipinski definition) is 5. The highest BCUT2D eigenvalue weighted by Gasteiger charge is 2.17. The Morgan fingerprint density at radius 1 is 1.57 bits per heavy atom. The number of anilines is 1. The number of nitrogens with one attached hydrogen (secondary N) is 2. The molecule has 112 valence electrons. The number of ether oxygens (including phenoxy) is 1. The Balaban J connectivity index is 1.65. The van der Waals surface area contributed by atoms with Gasteiger partial charge >= 0.3 is 0 Å². The van der Waals surface area contributed by atoms with Gasteiger partial charge in [-0.15, -0.1) is 0 Å². The highest BCUT2D eigenvalue weighted by atomic mass is 32.1. The van der Waals surface area contributed by atoms with Crippen molar-refractivity contribution in [2.45, 2.75) is 19.3 Å². The number of fused-ring (bicyclic) bond motifs is 1. The Morgan fingerprint density at radius 2 is 2.48 bits per heavy atom. The summed E-state index contributed by atoms with van der Waals surface area (Å²) in [4.78, 5) is 16.5. The first kappa shape index (κ1) is 14.3. The van der Waals surface area contributed by atoms with Crippen molar-refractivity contribution < 1.29 is 9.53 Å². The molecule has 0 saturated carbocycles. The van der Waals surface area contributed by atoms with Gasteiger partial charge in [-0.1, -0.05) is 11.3 Å². The molecule has 0 bridgehead atoms. The third-order valence-electron chi connectivity index (χ3n) is 3.71. The first-order chi connectivity index (χ1) is 10.2. The predicted molar refractivity (Wildman–Crippen MR) is 85.0 cm³/mol. The fourth-order valence-electron chi connectivity index (χ4n) is 2.62. The monoisotopic (exact) mass is 305 g/mol. The van der Waals surface area contributed by atoms with Crippen LogP contribution in [0.5, 0.6) is 5.75 Å². The van der Waals surface area contributed by atoms with Crippen LogP contribution in [0.3, 0.4) is 0 Å². The fraction of sp³-hybridized carbons (Fsp3) is 0.467. The highest BCUT2D eigenvalue weighted by Crippen LogP contribution is 2.29. The molecule has 1 amide bonds. The van der Waals surface area contributed by atoms with Crippen LogP contribution in [0.2, 0.25) is 0 Å². The number of aromatic nitrogens is 1. The van der Waals surface area contributed by atoms with Crippen molar-refractivity contribution in [3.05, 3.63) is 18.2 Å². The molecule has 1 aliphatic heterocycles. The van der Waals surface area contributed by atoms with E-state index in [4.69, 9.17) is 4.74 Å². The van der Waals surface area contributed by atoms with Gasteiger partial charge in [0.25, 0.3) is 0 Å². The van der Waals surface area contributed by atoms with Gasteiger partial charge in [-0.2, -0.15) is 0 Å². The lowest BCUT2D eigenvalue weighted by Gasteiger charge is -2.21. The maximum atomic E-state index is 12.1. The molecule has 2 aromatic rings. The van der Waals surface area contributed by atoms with E-state index in [1.807, 2.05) is 18.2 Å². The Kier molecular flexibility index (Phi) is 4.36. The molecule has 21 heavy (non-hydrogen) atoms. The van der Waals surface area contributed by atoms with Crippen LogP contribution in [0.4, 0.5) is 5.13 Å². The van der Waals surface area contributed by atoms with Gasteiger partial charge < -0.3 is 15.4 Å². The topological polar surface area (TPSA) is 63.2 Å². The number of nitrogens with zero attached hydrogens (tertiary/aromatic N) is 1. The molecule has 1 aromatic carbocycles. The maximum absolute atomic E-state index is 12.1. The third-order valence-corrected chi connectivity index (χ3v) is 4.65. The van der Waals surface area contributed by atoms with Crippen LogP contribution < -0.4 is 15.4 Å². The van der Waals surface area contributed by atoms with Crippen molar-refractivity contribution in [2.24, 2.45) is 5.92 Å². The molecule has 3 rings (SSSR count). The number of rotatable bonds is 4. The third kappa shape index (κ3) is 3.51. The summed E-state index contributed by atoms with van der Waals surface area (Å²) >= 11 is 1.48. The summed E-state index contributed by atoms with van der Waals surface area (Å²) < 4.78 is 6.22. The van der Waals surface area contributed by atoms with Crippen molar-refractivity contribution in [3.8, 4) is 5.75 Å². The van der Waals surface area contributed by atoms with Gasteiger partial charge in [0.15, 0.2) is 5.13 Å². The molecule has 0 spiro atoms. The summed E-state index contributed by atoms with van der Waals surface area (Å²) in [7, 11) is 1.64. The lowest BCUT2D eigenvalue weighted by atomic mass is 9.96. The molecule has 1 aliphatic rings. The summed E-state index contributed by atoms with van der Waals surface area (Å²) in [5, 5.41) is 6.91. The van der Waals surface area contributed by atoms with Crippen molar-refractivity contribution in [2.75, 3.05) is 25.5 Å². The molecular weight excluding hydrogens is 286 g/mol. The molecule has 2 heterocycles. The minimum atomic E-state index is 0.0507. The van der Waals surface area contributed by atoms with Crippen LogP contribution >= 0.6 is 11.3 Å². The van der Waals surface area contributed by atoms with E-state index in [1.165, 1.54) is 11.3 Å². The number of thiazole rings is 1. The largest absolute Gasteiger partial charge is 0.497 e. The van der Waals surface area contributed by atoms with Gasteiger partial charge in [-0.3, -0.25) is 4.79 Å². The zero-order valence-electron chi connectivity index (χ0n) is 12.0. The van der Waals surface area contributed by atoms with Gasteiger partial charge in [-0.05, 0) is 50.0 Å². The second kappa shape index (κ2) is 6.41. The van der Waals surface area contributed by atoms with Gasteiger partial charge in [-0.25, -0.2) is 4.98 Å². The Hall–Kier alpha value is -1.66. The molecule has 5 nitrogen and oxygen atoms in total. The van der Waals surface area contributed by atoms with Crippen molar-refractivity contribution >= 4 is 32.6 Å². The minimum absolute atomic E-state index is 0.0507. The van der Waals surface area contributed by atoms with E-state index >= 15 is 0 Å². The van der Waals surface area contributed by atoms with Crippen LogP contribution in [-0.2, 0) is 4.79 Å². The number of carbonyl (C=O) groups is 1. The molecule has 2 N–H and O–H groups in total. The molecule has 1 aromatic heterocycles. The smallest absolute Gasteiger partial charge is 0.226 e.